The molecule has 2 amide bonds. The molecule has 3 aromatic rings. The van der Waals surface area contributed by atoms with Gasteiger partial charge in [-0.2, -0.15) is 0 Å². The molecule has 1 fully saturated rings. The minimum absolute atomic E-state index is 0.00293. The van der Waals surface area contributed by atoms with Crippen LogP contribution in [0.5, 0.6) is 0 Å². The lowest BCUT2D eigenvalue weighted by molar-refractivity contribution is -0.127. The van der Waals surface area contributed by atoms with E-state index in [-0.39, 0.29) is 18.4 Å². The van der Waals surface area contributed by atoms with E-state index in [0.717, 1.165) is 4.88 Å². The number of benzene rings is 1. The molecule has 1 saturated heterocycles. The van der Waals surface area contributed by atoms with Gasteiger partial charge in [0, 0.05) is 48.1 Å². The number of hydrogen-bond donors (Lipinski definition) is 1. The fourth-order valence-electron chi connectivity index (χ4n) is 3.40. The van der Waals surface area contributed by atoms with E-state index in [9.17, 15) is 9.59 Å². The molecular weight excluding hydrogens is 412 g/mol. The number of aryl methyl sites for hydroxylation is 1. The number of hydrogen-bond acceptors (Lipinski definition) is 6. The summed E-state index contributed by atoms with van der Waals surface area (Å²) < 4.78 is 4.95. The van der Waals surface area contributed by atoms with Gasteiger partial charge in [0.2, 0.25) is 11.8 Å². The SMILES string of the molecule is Cc1cc(NC(=O)CN2CCN(C(=O)/C=C/c3ccc(-c4ccccc4)s3)CC2)no1. The van der Waals surface area contributed by atoms with Crippen molar-refractivity contribution >= 4 is 35.0 Å². The van der Waals surface area contributed by atoms with Gasteiger partial charge in [-0.25, -0.2) is 0 Å². The first kappa shape index (κ1) is 21.0. The van der Waals surface area contributed by atoms with Gasteiger partial charge in [-0.1, -0.05) is 35.5 Å². The topological polar surface area (TPSA) is 78.7 Å². The van der Waals surface area contributed by atoms with Gasteiger partial charge < -0.3 is 14.7 Å². The van der Waals surface area contributed by atoms with Crippen molar-refractivity contribution in [3.8, 4) is 10.4 Å². The smallest absolute Gasteiger partial charge is 0.246 e. The number of thiophene rings is 1. The van der Waals surface area contributed by atoms with Crippen molar-refractivity contribution in [2.24, 2.45) is 0 Å². The van der Waals surface area contributed by atoms with Gasteiger partial charge in [0.1, 0.15) is 5.76 Å². The number of carbonyl (C=O) groups is 2. The summed E-state index contributed by atoms with van der Waals surface area (Å²) in [6.45, 7) is 4.54. The normalized spacial score (nSPS) is 14.8. The molecule has 3 heterocycles. The number of anilines is 1. The molecule has 1 aliphatic heterocycles. The van der Waals surface area contributed by atoms with E-state index in [1.165, 1.54) is 10.4 Å². The molecule has 160 valence electrons. The highest BCUT2D eigenvalue weighted by atomic mass is 32.1. The summed E-state index contributed by atoms with van der Waals surface area (Å²) in [4.78, 5) is 30.8. The van der Waals surface area contributed by atoms with Gasteiger partial charge in [-0.3, -0.25) is 14.5 Å². The van der Waals surface area contributed by atoms with E-state index in [0.29, 0.717) is 37.8 Å². The van der Waals surface area contributed by atoms with Gasteiger partial charge >= 0.3 is 0 Å². The fraction of sp³-hybridized carbons (Fsp3) is 0.261. The van der Waals surface area contributed by atoms with Crippen LogP contribution in [-0.2, 0) is 9.59 Å². The molecule has 0 saturated carbocycles. The van der Waals surface area contributed by atoms with Gasteiger partial charge in [-0.15, -0.1) is 11.3 Å². The molecule has 4 rings (SSSR count). The first-order valence-corrected chi connectivity index (χ1v) is 11.0. The maximum Gasteiger partial charge on any atom is 0.246 e. The monoisotopic (exact) mass is 436 g/mol. The highest BCUT2D eigenvalue weighted by Crippen LogP contribution is 2.28. The van der Waals surface area contributed by atoms with Crippen LogP contribution in [-0.4, -0.2) is 59.5 Å². The Balaban J connectivity index is 1.24. The lowest BCUT2D eigenvalue weighted by Gasteiger charge is -2.33. The summed E-state index contributed by atoms with van der Waals surface area (Å²) in [5.41, 5.74) is 1.18. The zero-order chi connectivity index (χ0) is 21.6. The molecule has 1 aliphatic rings. The maximum absolute atomic E-state index is 12.5. The predicted octanol–water partition coefficient (Wildman–Crippen LogP) is 3.51. The van der Waals surface area contributed by atoms with Crippen LogP contribution in [0.15, 0.2) is 59.1 Å². The Bertz CT molecular complexity index is 1070. The predicted molar refractivity (Wildman–Crippen MR) is 122 cm³/mol. The average Bonchev–Trinajstić information content (AvgIpc) is 3.42. The van der Waals surface area contributed by atoms with Gasteiger partial charge in [-0.05, 0) is 30.7 Å². The number of rotatable bonds is 6. The van der Waals surface area contributed by atoms with Crippen LogP contribution in [0.4, 0.5) is 5.82 Å². The highest BCUT2D eigenvalue weighted by Gasteiger charge is 2.21. The Morgan fingerprint density at radius 2 is 1.90 bits per heavy atom. The zero-order valence-corrected chi connectivity index (χ0v) is 18.1. The molecule has 0 aliphatic carbocycles. The van der Waals surface area contributed by atoms with Crippen LogP contribution >= 0.6 is 11.3 Å². The summed E-state index contributed by atoms with van der Waals surface area (Å²) in [7, 11) is 0. The maximum atomic E-state index is 12.5. The largest absolute Gasteiger partial charge is 0.360 e. The Morgan fingerprint density at radius 3 is 2.61 bits per heavy atom. The quantitative estimate of drug-likeness (QED) is 0.599. The van der Waals surface area contributed by atoms with E-state index in [1.807, 2.05) is 40.1 Å². The Hall–Kier alpha value is -3.23. The Morgan fingerprint density at radius 1 is 1.13 bits per heavy atom. The molecule has 0 atom stereocenters. The van der Waals surface area contributed by atoms with Crippen molar-refractivity contribution in [3.05, 3.63) is 65.2 Å². The Kier molecular flexibility index (Phi) is 6.59. The second-order valence-electron chi connectivity index (χ2n) is 7.37. The number of amides is 2. The molecule has 0 bridgehead atoms. The van der Waals surface area contributed by atoms with Gasteiger partial charge in [0.05, 0.1) is 6.54 Å². The summed E-state index contributed by atoms with van der Waals surface area (Å²) >= 11 is 1.66. The van der Waals surface area contributed by atoms with Crippen molar-refractivity contribution in [3.63, 3.8) is 0 Å². The van der Waals surface area contributed by atoms with E-state index in [1.54, 1.807) is 30.4 Å². The number of carbonyl (C=O) groups excluding carboxylic acids is 2. The van der Waals surface area contributed by atoms with Crippen molar-refractivity contribution in [2.45, 2.75) is 6.92 Å². The van der Waals surface area contributed by atoms with E-state index >= 15 is 0 Å². The third-order valence-electron chi connectivity index (χ3n) is 5.02. The molecule has 8 heteroatoms. The number of nitrogens with one attached hydrogen (secondary N) is 1. The fourth-order valence-corrected chi connectivity index (χ4v) is 4.31. The van der Waals surface area contributed by atoms with Gasteiger partial charge in [0.25, 0.3) is 0 Å². The lowest BCUT2D eigenvalue weighted by Crippen LogP contribution is -2.50. The van der Waals surface area contributed by atoms with E-state index in [4.69, 9.17) is 4.52 Å². The van der Waals surface area contributed by atoms with Crippen molar-refractivity contribution in [2.75, 3.05) is 38.0 Å². The molecule has 7 nitrogen and oxygen atoms in total. The number of nitrogens with zero attached hydrogens (tertiary/aromatic N) is 3. The first-order valence-electron chi connectivity index (χ1n) is 10.1. The summed E-state index contributed by atoms with van der Waals surface area (Å²) in [6, 6.07) is 16.0. The van der Waals surface area contributed by atoms with Crippen LogP contribution in [0.1, 0.15) is 10.6 Å². The van der Waals surface area contributed by atoms with Crippen molar-refractivity contribution in [1.82, 2.24) is 15.0 Å². The number of aromatic nitrogens is 1. The van der Waals surface area contributed by atoms with Crippen LogP contribution in [0.25, 0.3) is 16.5 Å². The molecule has 0 unspecified atom stereocenters. The molecular formula is C23H24N4O3S. The summed E-state index contributed by atoms with van der Waals surface area (Å²) in [6.07, 6.45) is 3.51. The molecule has 31 heavy (non-hydrogen) atoms. The average molecular weight is 437 g/mol. The third-order valence-corrected chi connectivity index (χ3v) is 6.12. The highest BCUT2D eigenvalue weighted by molar-refractivity contribution is 7.16. The minimum Gasteiger partial charge on any atom is -0.360 e. The van der Waals surface area contributed by atoms with Crippen LogP contribution in [0.2, 0.25) is 0 Å². The standard InChI is InChI=1S/C23H24N4O3S/c1-17-15-21(25-30-17)24-22(28)16-26-11-13-27(14-12-26)23(29)10-8-19-7-9-20(31-19)18-5-3-2-4-6-18/h2-10,15H,11-14,16H2,1H3,(H,24,25,28)/b10-8+. The zero-order valence-electron chi connectivity index (χ0n) is 17.3. The van der Waals surface area contributed by atoms with Gasteiger partial charge in [0.15, 0.2) is 5.82 Å². The van der Waals surface area contributed by atoms with Crippen LogP contribution in [0, 0.1) is 6.92 Å². The molecule has 0 spiro atoms. The summed E-state index contributed by atoms with van der Waals surface area (Å²) in [5.74, 6) is 0.927. The van der Waals surface area contributed by atoms with Crippen LogP contribution in [0.3, 0.4) is 0 Å². The summed E-state index contributed by atoms with van der Waals surface area (Å²) in [5, 5.41) is 6.48. The molecule has 2 aromatic heterocycles. The Labute approximate surface area is 184 Å². The third kappa shape index (κ3) is 5.68. The second-order valence-corrected chi connectivity index (χ2v) is 8.49. The lowest BCUT2D eigenvalue weighted by atomic mass is 10.2. The second kappa shape index (κ2) is 9.72. The first-order chi connectivity index (χ1) is 15.1. The van der Waals surface area contributed by atoms with E-state index in [2.05, 4.69) is 28.7 Å². The molecule has 1 aromatic carbocycles. The van der Waals surface area contributed by atoms with Crippen molar-refractivity contribution < 1.29 is 14.1 Å². The number of piperazine rings is 1. The molecule has 1 N–H and O–H groups in total. The molecule has 0 radical (unpaired) electrons. The van der Waals surface area contributed by atoms with Crippen LogP contribution < -0.4 is 5.32 Å². The van der Waals surface area contributed by atoms with Crippen molar-refractivity contribution in [1.29, 1.82) is 0 Å². The minimum atomic E-state index is -0.139. The van der Waals surface area contributed by atoms with E-state index < -0.39 is 0 Å².